The van der Waals surface area contributed by atoms with Crippen LogP contribution in [-0.4, -0.2) is 91.0 Å². The predicted octanol–water partition coefficient (Wildman–Crippen LogP) is 1.63. The molecule has 0 spiro atoms. The zero-order valence-electron chi connectivity index (χ0n) is 27.2. The molecule has 2 aromatic carbocycles. The van der Waals surface area contributed by atoms with Crippen LogP contribution in [0.2, 0.25) is 0 Å². The van der Waals surface area contributed by atoms with Gasteiger partial charge in [-0.1, -0.05) is 0 Å². The minimum absolute atomic E-state index is 0.0512. The van der Waals surface area contributed by atoms with E-state index in [4.69, 9.17) is 9.84 Å². The van der Waals surface area contributed by atoms with Crippen molar-refractivity contribution < 1.29 is 57.8 Å². The number of rotatable bonds is 12. The normalized spacial score (nSPS) is 18.9. The number of phenolic OH excluding ortho intramolecular Hbond substituents is 1. The number of fused-ring (bicyclic) bond motifs is 1. The Kier molecular flexibility index (Phi) is 10.2. The van der Waals surface area contributed by atoms with E-state index >= 15 is 0 Å². The topological polar surface area (TPSA) is 207 Å². The Balaban J connectivity index is 1.03. The number of pyridine rings is 1. The third-order valence-electron chi connectivity index (χ3n) is 8.44. The second-order valence-electron chi connectivity index (χ2n) is 12.0. The highest BCUT2D eigenvalue weighted by Gasteiger charge is 2.54. The van der Waals surface area contributed by atoms with Gasteiger partial charge in [-0.05, 0) is 60.0 Å². The first-order valence-corrected chi connectivity index (χ1v) is 16.9. The van der Waals surface area contributed by atoms with E-state index in [1.54, 1.807) is 34.0 Å². The van der Waals surface area contributed by atoms with Crippen LogP contribution in [-0.2, 0) is 37.1 Å². The molecule has 0 saturated carbocycles. The van der Waals surface area contributed by atoms with Crippen LogP contribution < -0.4 is 19.9 Å². The van der Waals surface area contributed by atoms with Crippen LogP contribution in [0.15, 0.2) is 89.9 Å². The molecule has 17 heteroatoms. The van der Waals surface area contributed by atoms with Gasteiger partial charge in [0.05, 0.1) is 5.56 Å². The van der Waals surface area contributed by atoms with Gasteiger partial charge in [0.1, 0.15) is 22.9 Å². The van der Waals surface area contributed by atoms with Gasteiger partial charge in [-0.3, -0.25) is 24.1 Å². The molecule has 15 nitrogen and oxygen atoms in total. The second-order valence-corrected chi connectivity index (χ2v) is 13.1. The standard InChI is InChI=1S/C35H30FN5O10S/c36-25-14-23(3-6-26(25)42)37-27(43)16-39-10-7-19(8-11-39)15-40-12-9-21(31(40)45)13-22-18-52-33-29(32(46)41(33)30(22)35(49)50)38-28(44)17-51-24-4-1-20(2-5-24)34(47)48/h1-8,10-11,13-14,29,33H,9,12,15-18H2,(H4-,37,38,42,43,44,47,48,49,50)/p+1/t29-,33-/m1/s1. The number of nitrogens with zero attached hydrogens (tertiary/aromatic N) is 3. The van der Waals surface area contributed by atoms with Crippen molar-refractivity contribution in [3.05, 3.63) is 107 Å². The maximum atomic E-state index is 13.6. The van der Waals surface area contributed by atoms with Crippen molar-refractivity contribution in [3.8, 4) is 11.5 Å². The molecule has 52 heavy (non-hydrogen) atoms. The van der Waals surface area contributed by atoms with Gasteiger partial charge in [0.15, 0.2) is 30.6 Å². The average molecular weight is 733 g/mol. The van der Waals surface area contributed by atoms with Gasteiger partial charge in [0.25, 0.3) is 17.7 Å². The number of anilines is 1. The Morgan fingerprint density at radius 3 is 2.40 bits per heavy atom. The number of aromatic hydroxyl groups is 1. The minimum atomic E-state index is -1.34. The molecular formula is C35H31FN5O10S+. The molecule has 2 saturated heterocycles. The molecule has 6 rings (SSSR count). The molecule has 0 radical (unpaired) electrons. The summed E-state index contributed by atoms with van der Waals surface area (Å²) in [6, 6.07) is 11.5. The summed E-state index contributed by atoms with van der Waals surface area (Å²) in [5.74, 6) is -5.31. The van der Waals surface area contributed by atoms with Crippen molar-refractivity contribution in [1.82, 2.24) is 15.1 Å². The van der Waals surface area contributed by atoms with Crippen LogP contribution in [0.4, 0.5) is 10.1 Å². The summed E-state index contributed by atoms with van der Waals surface area (Å²) in [5.41, 5.74) is 1.49. The SMILES string of the molecule is O=C(C[n+]1ccc(CN2CCC(=CC3=C(C(=O)O)N4C(=O)[C@@H](NC(=O)COc5ccc(C(=O)O)cc5)[C@H]4SC3)C2=O)cc1)Nc1ccc(O)c(F)c1. The number of allylic oxidation sites excluding steroid dienone is 1. The molecule has 0 bridgehead atoms. The van der Waals surface area contributed by atoms with Crippen molar-refractivity contribution in [2.24, 2.45) is 0 Å². The Labute approximate surface area is 299 Å². The molecule has 1 aromatic heterocycles. The molecule has 5 N–H and O–H groups in total. The van der Waals surface area contributed by atoms with Gasteiger partial charge in [-0.2, -0.15) is 4.57 Å². The molecule has 0 aliphatic carbocycles. The van der Waals surface area contributed by atoms with Crippen molar-refractivity contribution >= 4 is 53.0 Å². The summed E-state index contributed by atoms with van der Waals surface area (Å²) in [6.07, 6.45) is 5.21. The first-order chi connectivity index (χ1) is 24.9. The van der Waals surface area contributed by atoms with Crippen LogP contribution >= 0.6 is 11.8 Å². The summed E-state index contributed by atoms with van der Waals surface area (Å²) in [6.45, 7) is 0.141. The van der Waals surface area contributed by atoms with E-state index in [1.165, 1.54) is 48.2 Å². The van der Waals surface area contributed by atoms with E-state index in [1.807, 2.05) is 0 Å². The number of β-lactam (4-membered cyclic amide) rings is 1. The van der Waals surface area contributed by atoms with Crippen LogP contribution in [0.25, 0.3) is 0 Å². The summed E-state index contributed by atoms with van der Waals surface area (Å²) < 4.78 is 20.5. The second kappa shape index (κ2) is 14.9. The first kappa shape index (κ1) is 35.6. The molecule has 2 fully saturated rings. The number of thioether (sulfide) groups is 1. The van der Waals surface area contributed by atoms with E-state index in [0.29, 0.717) is 24.1 Å². The number of aliphatic carboxylic acids is 1. The van der Waals surface area contributed by atoms with Crippen molar-refractivity contribution in [1.29, 1.82) is 0 Å². The van der Waals surface area contributed by atoms with E-state index < -0.39 is 59.2 Å². The number of nitrogens with one attached hydrogen (secondary N) is 2. The van der Waals surface area contributed by atoms with E-state index in [2.05, 4.69) is 10.6 Å². The maximum absolute atomic E-state index is 13.6. The lowest BCUT2D eigenvalue weighted by Crippen LogP contribution is -2.70. The number of ether oxygens (including phenoxy) is 1. The fourth-order valence-corrected chi connectivity index (χ4v) is 7.15. The first-order valence-electron chi connectivity index (χ1n) is 15.8. The van der Waals surface area contributed by atoms with Crippen molar-refractivity contribution in [3.63, 3.8) is 0 Å². The highest BCUT2D eigenvalue weighted by molar-refractivity contribution is 8.00. The number of carbonyl (C=O) groups excluding carboxylic acids is 4. The minimum Gasteiger partial charge on any atom is -0.505 e. The smallest absolute Gasteiger partial charge is 0.352 e. The summed E-state index contributed by atoms with van der Waals surface area (Å²) in [4.78, 5) is 77.4. The number of carboxylic acid groups (broad SMARTS) is 2. The van der Waals surface area contributed by atoms with Gasteiger partial charge in [0.2, 0.25) is 12.5 Å². The number of aromatic carboxylic acids is 1. The number of benzene rings is 2. The van der Waals surface area contributed by atoms with Crippen LogP contribution in [0.3, 0.4) is 0 Å². The van der Waals surface area contributed by atoms with Gasteiger partial charge < -0.3 is 35.6 Å². The largest absolute Gasteiger partial charge is 0.505 e. The molecule has 4 heterocycles. The van der Waals surface area contributed by atoms with Crippen molar-refractivity contribution in [2.45, 2.75) is 30.9 Å². The number of carboxylic acids is 2. The number of hydrogen-bond donors (Lipinski definition) is 5. The fraction of sp³-hybridized carbons (Fsp3) is 0.229. The third kappa shape index (κ3) is 7.73. The number of hydrogen-bond acceptors (Lipinski definition) is 9. The Bertz CT molecular complexity index is 2040. The molecule has 4 amide bonds. The zero-order chi connectivity index (χ0) is 37.1. The molecule has 0 unspecified atom stereocenters. The highest BCUT2D eigenvalue weighted by atomic mass is 32.2. The molecule has 3 aliphatic rings. The number of phenols is 1. The Morgan fingerprint density at radius 1 is 1.00 bits per heavy atom. The lowest BCUT2D eigenvalue weighted by Gasteiger charge is -2.49. The van der Waals surface area contributed by atoms with Gasteiger partial charge in [0, 0.05) is 48.3 Å². The summed E-state index contributed by atoms with van der Waals surface area (Å²) >= 11 is 1.26. The van der Waals surface area contributed by atoms with Gasteiger partial charge in [-0.25, -0.2) is 14.0 Å². The van der Waals surface area contributed by atoms with Crippen LogP contribution in [0.5, 0.6) is 11.5 Å². The summed E-state index contributed by atoms with van der Waals surface area (Å²) in [5, 5.41) is 32.8. The van der Waals surface area contributed by atoms with Gasteiger partial charge >= 0.3 is 11.9 Å². The quantitative estimate of drug-likeness (QED) is 0.0783. The number of carbonyl (C=O) groups is 6. The predicted molar refractivity (Wildman–Crippen MR) is 180 cm³/mol. The number of aromatic nitrogens is 1. The lowest BCUT2D eigenvalue weighted by atomic mass is 10.0. The molecule has 3 aliphatic heterocycles. The van der Waals surface area contributed by atoms with Crippen LogP contribution in [0.1, 0.15) is 22.3 Å². The molecule has 268 valence electrons. The maximum Gasteiger partial charge on any atom is 0.352 e. The summed E-state index contributed by atoms with van der Waals surface area (Å²) in [7, 11) is 0. The van der Waals surface area contributed by atoms with E-state index in [9.17, 15) is 43.4 Å². The Morgan fingerprint density at radius 2 is 1.73 bits per heavy atom. The fourth-order valence-electron chi connectivity index (χ4n) is 5.84. The van der Waals surface area contributed by atoms with Gasteiger partial charge in [-0.15, -0.1) is 11.8 Å². The molecular weight excluding hydrogens is 701 g/mol. The number of amides is 4. The highest BCUT2D eigenvalue weighted by Crippen LogP contribution is 2.41. The lowest BCUT2D eigenvalue weighted by molar-refractivity contribution is -0.684. The third-order valence-corrected chi connectivity index (χ3v) is 9.74. The number of halogens is 1. The monoisotopic (exact) mass is 732 g/mol. The van der Waals surface area contributed by atoms with E-state index in [0.717, 1.165) is 22.6 Å². The zero-order valence-corrected chi connectivity index (χ0v) is 28.0. The number of likely N-dealkylation sites (tertiary alicyclic amines) is 1. The molecule has 2 atom stereocenters. The van der Waals surface area contributed by atoms with Crippen molar-refractivity contribution in [2.75, 3.05) is 24.2 Å². The molecule has 3 aromatic rings. The van der Waals surface area contributed by atoms with Crippen LogP contribution in [0, 0.1) is 5.82 Å². The Hall–Kier alpha value is -6.23. The van der Waals surface area contributed by atoms with E-state index in [-0.39, 0.29) is 47.4 Å². The average Bonchev–Trinajstić information content (AvgIpc) is 3.45.